The zero-order valence-electron chi connectivity index (χ0n) is 20.8. The van der Waals surface area contributed by atoms with Crippen LogP contribution in [0.15, 0.2) is 66.0 Å². The molecule has 35 heavy (non-hydrogen) atoms. The summed E-state index contributed by atoms with van der Waals surface area (Å²) in [5.41, 5.74) is 3.19. The molecular weight excluding hydrogens is 456 g/mol. The Morgan fingerprint density at radius 1 is 1.09 bits per heavy atom. The van der Waals surface area contributed by atoms with Crippen molar-refractivity contribution in [3.63, 3.8) is 0 Å². The van der Waals surface area contributed by atoms with Gasteiger partial charge in [0.25, 0.3) is 0 Å². The molecule has 0 fully saturated rings. The van der Waals surface area contributed by atoms with E-state index in [4.69, 9.17) is 4.74 Å². The Bertz CT molecular complexity index is 1140. The zero-order valence-corrected chi connectivity index (χ0v) is 21.6. The molecule has 3 aromatic rings. The molecule has 5 nitrogen and oxygen atoms in total. The third kappa shape index (κ3) is 6.31. The van der Waals surface area contributed by atoms with Gasteiger partial charge in [-0.2, -0.15) is 0 Å². The van der Waals surface area contributed by atoms with Crippen molar-refractivity contribution in [2.24, 2.45) is 5.92 Å². The maximum atomic E-state index is 13.6. The van der Waals surface area contributed by atoms with E-state index in [9.17, 15) is 9.59 Å². The number of ether oxygens (including phenoxy) is 1. The summed E-state index contributed by atoms with van der Waals surface area (Å²) in [6.07, 6.45) is 1.14. The molecule has 1 aromatic heterocycles. The smallest absolute Gasteiger partial charge is 0.242 e. The molecule has 4 rings (SSSR count). The molecular formula is C29H34N2O3S. The van der Waals surface area contributed by atoms with Gasteiger partial charge in [-0.05, 0) is 53.5 Å². The van der Waals surface area contributed by atoms with E-state index in [0.29, 0.717) is 26.1 Å². The number of aryl methyl sites for hydroxylation is 1. The van der Waals surface area contributed by atoms with Crippen LogP contribution in [0.3, 0.4) is 0 Å². The Kier molecular flexibility index (Phi) is 8.24. The zero-order chi connectivity index (χ0) is 24.8. The van der Waals surface area contributed by atoms with E-state index in [1.807, 2.05) is 66.4 Å². The number of hydrogen-bond donors (Lipinski definition) is 0. The maximum absolute atomic E-state index is 13.6. The number of para-hydroxylation sites is 1. The number of rotatable bonds is 9. The molecule has 1 unspecified atom stereocenters. The number of carbonyl (C=O) groups is 2. The van der Waals surface area contributed by atoms with Crippen molar-refractivity contribution < 1.29 is 14.3 Å². The van der Waals surface area contributed by atoms with E-state index in [1.54, 1.807) is 16.2 Å². The first kappa shape index (κ1) is 25.0. The molecule has 0 saturated carbocycles. The van der Waals surface area contributed by atoms with Crippen LogP contribution in [0.1, 0.15) is 41.5 Å². The molecule has 2 aromatic carbocycles. The lowest BCUT2D eigenvalue weighted by Crippen LogP contribution is -2.48. The van der Waals surface area contributed by atoms with Crippen LogP contribution in [-0.4, -0.2) is 47.9 Å². The second-order valence-corrected chi connectivity index (χ2v) is 10.6. The van der Waals surface area contributed by atoms with E-state index in [-0.39, 0.29) is 30.3 Å². The SMILES string of the molecule is Cc1ccccc1OCC1c2ccsc2CCN1C(=O)CN(CC(C)C)C(=O)Cc1ccccc1. The molecule has 2 heterocycles. The first-order valence-corrected chi connectivity index (χ1v) is 13.2. The minimum Gasteiger partial charge on any atom is -0.491 e. The lowest BCUT2D eigenvalue weighted by atomic mass is 10.00. The molecule has 0 aliphatic carbocycles. The number of benzene rings is 2. The van der Waals surface area contributed by atoms with Crippen molar-refractivity contribution in [1.29, 1.82) is 0 Å². The molecule has 1 atom stereocenters. The predicted octanol–water partition coefficient (Wildman–Crippen LogP) is 5.29. The van der Waals surface area contributed by atoms with Crippen LogP contribution in [0, 0.1) is 12.8 Å². The monoisotopic (exact) mass is 490 g/mol. The highest BCUT2D eigenvalue weighted by Gasteiger charge is 2.33. The standard InChI is InChI=1S/C29H34N2O3S/c1-21(2)18-30(28(32)17-23-10-5-4-6-11-23)19-29(33)31-15-13-27-24(14-16-35-27)25(31)20-34-26-12-8-7-9-22(26)3/h4-12,14,16,21,25H,13,15,17-20H2,1-3H3. The van der Waals surface area contributed by atoms with Gasteiger partial charge in [-0.25, -0.2) is 0 Å². The molecule has 184 valence electrons. The molecule has 1 aliphatic heterocycles. The fourth-order valence-electron chi connectivity index (χ4n) is 4.59. The highest BCUT2D eigenvalue weighted by Crippen LogP contribution is 2.34. The van der Waals surface area contributed by atoms with Crippen molar-refractivity contribution in [3.05, 3.63) is 87.6 Å². The van der Waals surface area contributed by atoms with Crippen molar-refractivity contribution >= 4 is 23.2 Å². The average molecular weight is 491 g/mol. The van der Waals surface area contributed by atoms with E-state index in [0.717, 1.165) is 28.9 Å². The van der Waals surface area contributed by atoms with E-state index >= 15 is 0 Å². The summed E-state index contributed by atoms with van der Waals surface area (Å²) in [6, 6.07) is 19.6. The fourth-order valence-corrected chi connectivity index (χ4v) is 5.52. The number of thiophene rings is 1. The molecule has 6 heteroatoms. The van der Waals surface area contributed by atoms with Crippen molar-refractivity contribution in [2.45, 2.75) is 39.7 Å². The highest BCUT2D eigenvalue weighted by atomic mass is 32.1. The summed E-state index contributed by atoms with van der Waals surface area (Å²) in [4.78, 5) is 31.8. The predicted molar refractivity (Wildman–Crippen MR) is 141 cm³/mol. The molecule has 0 bridgehead atoms. The van der Waals surface area contributed by atoms with Gasteiger partial charge in [0.1, 0.15) is 12.4 Å². The van der Waals surface area contributed by atoms with Crippen LogP contribution in [0.2, 0.25) is 0 Å². The number of carbonyl (C=O) groups excluding carboxylic acids is 2. The minimum atomic E-state index is -0.165. The van der Waals surface area contributed by atoms with Gasteiger partial charge in [-0.1, -0.05) is 62.4 Å². The summed E-state index contributed by atoms with van der Waals surface area (Å²) in [6.45, 7) is 7.84. The lowest BCUT2D eigenvalue weighted by Gasteiger charge is -2.37. The Hall–Kier alpha value is -3.12. The van der Waals surface area contributed by atoms with E-state index < -0.39 is 0 Å². The van der Waals surface area contributed by atoms with Gasteiger partial charge in [0, 0.05) is 18.0 Å². The summed E-state index contributed by atoms with van der Waals surface area (Å²) in [5.74, 6) is 1.07. The quantitative estimate of drug-likeness (QED) is 0.410. The number of nitrogens with zero attached hydrogens (tertiary/aromatic N) is 2. The number of hydrogen-bond acceptors (Lipinski definition) is 4. The van der Waals surface area contributed by atoms with Gasteiger partial charge in [0.15, 0.2) is 0 Å². The highest BCUT2D eigenvalue weighted by molar-refractivity contribution is 7.10. The summed E-state index contributed by atoms with van der Waals surface area (Å²) in [7, 11) is 0. The van der Waals surface area contributed by atoms with Crippen molar-refractivity contribution in [2.75, 3.05) is 26.2 Å². The fraction of sp³-hybridized carbons (Fsp3) is 0.379. The third-order valence-corrected chi connectivity index (χ3v) is 7.36. The first-order valence-electron chi connectivity index (χ1n) is 12.3. The second-order valence-electron chi connectivity index (χ2n) is 9.56. The van der Waals surface area contributed by atoms with Gasteiger partial charge in [-0.3, -0.25) is 9.59 Å². The molecule has 2 amide bonds. The maximum Gasteiger partial charge on any atom is 0.242 e. The largest absolute Gasteiger partial charge is 0.491 e. The van der Waals surface area contributed by atoms with Gasteiger partial charge in [0.2, 0.25) is 11.8 Å². The Labute approximate surface area is 212 Å². The van der Waals surface area contributed by atoms with Crippen LogP contribution in [0.5, 0.6) is 5.75 Å². The van der Waals surface area contributed by atoms with E-state index in [1.165, 1.54) is 4.88 Å². The third-order valence-electron chi connectivity index (χ3n) is 6.37. The topological polar surface area (TPSA) is 49.9 Å². The van der Waals surface area contributed by atoms with Crippen LogP contribution < -0.4 is 4.74 Å². The van der Waals surface area contributed by atoms with Gasteiger partial charge in [0.05, 0.1) is 19.0 Å². The van der Waals surface area contributed by atoms with E-state index in [2.05, 4.69) is 25.3 Å². The lowest BCUT2D eigenvalue weighted by molar-refractivity contribution is -0.142. The Balaban J connectivity index is 1.50. The first-order chi connectivity index (χ1) is 16.9. The second kappa shape index (κ2) is 11.5. The van der Waals surface area contributed by atoms with Crippen molar-refractivity contribution in [1.82, 2.24) is 9.80 Å². The Morgan fingerprint density at radius 3 is 2.57 bits per heavy atom. The van der Waals surface area contributed by atoms with Crippen LogP contribution in [0.25, 0.3) is 0 Å². The summed E-state index contributed by atoms with van der Waals surface area (Å²) in [5, 5.41) is 2.09. The molecule has 1 aliphatic rings. The molecule has 0 N–H and O–H groups in total. The van der Waals surface area contributed by atoms with Crippen molar-refractivity contribution in [3.8, 4) is 5.75 Å². The van der Waals surface area contributed by atoms with Gasteiger partial charge in [-0.15, -0.1) is 11.3 Å². The van der Waals surface area contributed by atoms with Gasteiger partial charge >= 0.3 is 0 Å². The van der Waals surface area contributed by atoms with Crippen LogP contribution in [-0.2, 0) is 22.4 Å². The summed E-state index contributed by atoms with van der Waals surface area (Å²) >= 11 is 1.74. The number of fused-ring (bicyclic) bond motifs is 1. The number of amides is 2. The Morgan fingerprint density at radius 2 is 1.83 bits per heavy atom. The van der Waals surface area contributed by atoms with Gasteiger partial charge < -0.3 is 14.5 Å². The van der Waals surface area contributed by atoms with Crippen LogP contribution >= 0.6 is 11.3 Å². The molecule has 0 spiro atoms. The summed E-state index contributed by atoms with van der Waals surface area (Å²) < 4.78 is 6.21. The normalized spacial score (nSPS) is 15.1. The molecule has 0 saturated heterocycles. The minimum absolute atomic E-state index is 0.0146. The van der Waals surface area contributed by atoms with Crippen LogP contribution in [0.4, 0.5) is 0 Å². The average Bonchev–Trinajstić information content (AvgIpc) is 3.32. The molecule has 0 radical (unpaired) electrons.